The molecule has 4 aromatic rings. The van der Waals surface area contributed by atoms with E-state index in [0.717, 1.165) is 24.0 Å². The number of carbonyl (C=O) groups excluding carboxylic acids is 1. The van der Waals surface area contributed by atoms with Gasteiger partial charge in [0.25, 0.3) is 0 Å². The van der Waals surface area contributed by atoms with E-state index >= 15 is 8.78 Å². The molecule has 0 saturated heterocycles. The van der Waals surface area contributed by atoms with Crippen molar-refractivity contribution in [2.75, 3.05) is 19.8 Å². The number of halogens is 2. The molecule has 242 valence electrons. The molecule has 0 fully saturated rings. The number of benzene rings is 4. The van der Waals surface area contributed by atoms with Crippen LogP contribution < -0.4 is 9.92 Å². The van der Waals surface area contributed by atoms with Gasteiger partial charge in [-0.2, -0.15) is 0 Å². The van der Waals surface area contributed by atoms with E-state index < -0.39 is 32.3 Å². The van der Waals surface area contributed by atoms with Crippen LogP contribution in [0.5, 0.6) is 5.75 Å². The summed E-state index contributed by atoms with van der Waals surface area (Å²) < 4.78 is 41.4. The summed E-state index contributed by atoms with van der Waals surface area (Å²) in [5.74, 6) is -1.72. The standard InChI is InChI=1S/C39H44F2O4Si/c1-5-6-26-46(3,4)34-20-16-30(17-21-34)29-10-12-31(13-11-29)35-22-23-36(38(41)37(35)40)32-14-18-33(19-15-32)44-24-8-7-9-25-45-39(43)28(2)27-42/h10-23,42H,2,5-9,24-27H2,1,3-4H3. The number of unbranched alkanes of at least 4 members (excludes halogenated alkanes) is 3. The summed E-state index contributed by atoms with van der Waals surface area (Å²) in [6.45, 7) is 10.8. The topological polar surface area (TPSA) is 55.8 Å². The van der Waals surface area contributed by atoms with Gasteiger partial charge in [-0.15, -0.1) is 0 Å². The molecule has 7 heteroatoms. The normalized spacial score (nSPS) is 11.3. The molecule has 4 rings (SSSR count). The molecular weight excluding hydrogens is 599 g/mol. The molecule has 0 aromatic heterocycles. The van der Waals surface area contributed by atoms with Gasteiger partial charge in [0.2, 0.25) is 0 Å². The summed E-state index contributed by atoms with van der Waals surface area (Å²) in [7, 11) is -1.44. The molecule has 0 amide bonds. The van der Waals surface area contributed by atoms with E-state index in [9.17, 15) is 4.79 Å². The predicted molar refractivity (Wildman–Crippen MR) is 186 cm³/mol. The smallest absolute Gasteiger partial charge is 0.335 e. The summed E-state index contributed by atoms with van der Waals surface area (Å²) in [6.07, 6.45) is 4.70. The van der Waals surface area contributed by atoms with Crippen LogP contribution in [0.3, 0.4) is 0 Å². The Morgan fingerprint density at radius 1 is 0.717 bits per heavy atom. The molecular formula is C39H44F2O4Si. The van der Waals surface area contributed by atoms with E-state index in [-0.39, 0.29) is 23.3 Å². The summed E-state index contributed by atoms with van der Waals surface area (Å²) in [6, 6.07) is 27.9. The molecule has 0 aliphatic rings. The van der Waals surface area contributed by atoms with Crippen molar-refractivity contribution in [2.24, 2.45) is 0 Å². The van der Waals surface area contributed by atoms with Crippen molar-refractivity contribution in [3.05, 3.63) is 109 Å². The van der Waals surface area contributed by atoms with Crippen molar-refractivity contribution in [3.8, 4) is 39.1 Å². The molecule has 0 bridgehead atoms. The Hall–Kier alpha value is -4.07. The lowest BCUT2D eigenvalue weighted by Gasteiger charge is -2.23. The average molecular weight is 643 g/mol. The third-order valence-electron chi connectivity index (χ3n) is 8.37. The van der Waals surface area contributed by atoms with Crippen LogP contribution in [0, 0.1) is 11.6 Å². The minimum absolute atomic E-state index is 0.0376. The highest BCUT2D eigenvalue weighted by Gasteiger charge is 2.22. The van der Waals surface area contributed by atoms with Crippen molar-refractivity contribution in [1.82, 2.24) is 0 Å². The number of ether oxygens (including phenoxy) is 2. The molecule has 0 aliphatic heterocycles. The van der Waals surface area contributed by atoms with Gasteiger partial charge in [-0.1, -0.05) is 123 Å². The maximum atomic E-state index is 15.3. The fraction of sp³-hybridized carbons (Fsp3) is 0.308. The fourth-order valence-electron chi connectivity index (χ4n) is 5.35. The first-order valence-corrected chi connectivity index (χ1v) is 19.2. The molecule has 0 radical (unpaired) electrons. The van der Waals surface area contributed by atoms with Crippen LogP contribution in [-0.2, 0) is 9.53 Å². The molecule has 0 heterocycles. The van der Waals surface area contributed by atoms with Crippen molar-refractivity contribution in [2.45, 2.75) is 58.2 Å². The van der Waals surface area contributed by atoms with E-state index in [4.69, 9.17) is 14.6 Å². The minimum Gasteiger partial charge on any atom is -0.494 e. The maximum Gasteiger partial charge on any atom is 0.335 e. The van der Waals surface area contributed by atoms with Crippen LogP contribution >= 0.6 is 0 Å². The monoisotopic (exact) mass is 642 g/mol. The maximum absolute atomic E-state index is 15.3. The Balaban J connectivity index is 1.33. The lowest BCUT2D eigenvalue weighted by atomic mass is 9.97. The molecule has 0 aliphatic carbocycles. The molecule has 0 saturated carbocycles. The van der Waals surface area contributed by atoms with Gasteiger partial charge in [0.15, 0.2) is 11.6 Å². The molecule has 0 unspecified atom stereocenters. The van der Waals surface area contributed by atoms with Crippen LogP contribution in [0.1, 0.15) is 39.0 Å². The second-order valence-electron chi connectivity index (χ2n) is 12.3. The Morgan fingerprint density at radius 3 is 1.76 bits per heavy atom. The van der Waals surface area contributed by atoms with E-state index in [1.807, 2.05) is 24.3 Å². The van der Waals surface area contributed by atoms with Crippen LogP contribution in [0.2, 0.25) is 19.1 Å². The second kappa shape index (κ2) is 16.5. The first-order valence-electron chi connectivity index (χ1n) is 16.0. The Kier molecular flexibility index (Phi) is 12.5. The Labute approximate surface area is 272 Å². The molecule has 0 atom stereocenters. The third-order valence-corrected chi connectivity index (χ3v) is 11.9. The highest BCUT2D eigenvalue weighted by molar-refractivity contribution is 6.89. The highest BCUT2D eigenvalue weighted by atomic mass is 28.3. The van der Waals surface area contributed by atoms with Gasteiger partial charge in [0, 0.05) is 11.1 Å². The molecule has 46 heavy (non-hydrogen) atoms. The lowest BCUT2D eigenvalue weighted by molar-refractivity contribution is -0.139. The highest BCUT2D eigenvalue weighted by Crippen LogP contribution is 2.33. The number of rotatable bonds is 16. The molecule has 0 spiro atoms. The van der Waals surface area contributed by atoms with Crippen molar-refractivity contribution < 1.29 is 28.2 Å². The molecule has 4 aromatic carbocycles. The summed E-state index contributed by atoms with van der Waals surface area (Å²) in [4.78, 5) is 11.5. The van der Waals surface area contributed by atoms with Crippen LogP contribution in [0.25, 0.3) is 33.4 Å². The van der Waals surface area contributed by atoms with Gasteiger partial charge in [0.05, 0.1) is 33.5 Å². The van der Waals surface area contributed by atoms with Gasteiger partial charge < -0.3 is 14.6 Å². The SMILES string of the molecule is C=C(CO)C(=O)OCCCCCOc1ccc(-c2ccc(-c3ccc(-c4ccc([Si](C)(C)CCCC)cc4)cc3)c(F)c2F)cc1. The van der Waals surface area contributed by atoms with Gasteiger partial charge >= 0.3 is 5.97 Å². The Morgan fingerprint density at radius 2 is 1.22 bits per heavy atom. The van der Waals surface area contributed by atoms with Gasteiger partial charge in [-0.05, 0) is 53.6 Å². The number of aliphatic hydroxyl groups excluding tert-OH is 1. The van der Waals surface area contributed by atoms with Gasteiger partial charge in [-0.3, -0.25) is 0 Å². The summed E-state index contributed by atoms with van der Waals surface area (Å²) in [5.41, 5.74) is 3.77. The van der Waals surface area contributed by atoms with Gasteiger partial charge in [0.1, 0.15) is 5.75 Å². The number of carbonyl (C=O) groups is 1. The number of hydrogen-bond acceptors (Lipinski definition) is 4. The molecule has 1 N–H and O–H groups in total. The lowest BCUT2D eigenvalue weighted by Crippen LogP contribution is -2.40. The van der Waals surface area contributed by atoms with Crippen LogP contribution in [-0.4, -0.2) is 39.0 Å². The van der Waals surface area contributed by atoms with Crippen LogP contribution in [0.15, 0.2) is 97.1 Å². The zero-order valence-electron chi connectivity index (χ0n) is 27.1. The zero-order chi connectivity index (χ0) is 33.1. The van der Waals surface area contributed by atoms with Gasteiger partial charge in [-0.25, -0.2) is 13.6 Å². The second-order valence-corrected chi connectivity index (χ2v) is 17.1. The number of hydrogen-bond donors (Lipinski definition) is 1. The quantitative estimate of drug-likeness (QED) is 0.0573. The first kappa shape index (κ1) is 34.8. The number of aliphatic hydroxyl groups is 1. The van der Waals surface area contributed by atoms with E-state index in [1.54, 1.807) is 36.4 Å². The molecule has 4 nitrogen and oxygen atoms in total. The predicted octanol–water partition coefficient (Wildman–Crippen LogP) is 9.32. The van der Waals surface area contributed by atoms with E-state index in [1.165, 1.54) is 24.1 Å². The van der Waals surface area contributed by atoms with E-state index in [0.29, 0.717) is 29.9 Å². The van der Waals surface area contributed by atoms with Crippen LogP contribution in [0.4, 0.5) is 8.78 Å². The third kappa shape index (κ3) is 9.01. The average Bonchev–Trinajstić information content (AvgIpc) is 3.08. The fourth-order valence-corrected chi connectivity index (χ4v) is 7.94. The van der Waals surface area contributed by atoms with Crippen molar-refractivity contribution in [1.29, 1.82) is 0 Å². The number of esters is 1. The van der Waals surface area contributed by atoms with Crippen molar-refractivity contribution >= 4 is 19.2 Å². The zero-order valence-corrected chi connectivity index (χ0v) is 28.1. The first-order chi connectivity index (χ1) is 22.1. The minimum atomic E-state index is -1.44. The summed E-state index contributed by atoms with van der Waals surface area (Å²) in [5, 5.41) is 10.3. The largest absolute Gasteiger partial charge is 0.494 e. The van der Waals surface area contributed by atoms with Crippen molar-refractivity contribution in [3.63, 3.8) is 0 Å². The summed E-state index contributed by atoms with van der Waals surface area (Å²) >= 11 is 0. The Bertz CT molecular complexity index is 1600. The van der Waals surface area contributed by atoms with E-state index in [2.05, 4.69) is 50.9 Å².